The number of halogens is 1. The summed E-state index contributed by atoms with van der Waals surface area (Å²) in [5.74, 6) is 0.724. The molecule has 25 heavy (non-hydrogen) atoms. The largest absolute Gasteiger partial charge is 0.419 e. The highest BCUT2D eigenvalue weighted by Crippen LogP contribution is 2.15. The number of pyridine rings is 1. The molecule has 6 nitrogen and oxygen atoms in total. The van der Waals surface area contributed by atoms with Crippen LogP contribution in [0.15, 0.2) is 53.1 Å². The number of rotatable bonds is 7. The number of aromatic nitrogens is 3. The van der Waals surface area contributed by atoms with Crippen molar-refractivity contribution in [1.82, 2.24) is 20.5 Å². The molecule has 3 rings (SSSR count). The highest BCUT2D eigenvalue weighted by molar-refractivity contribution is 6.30. The van der Waals surface area contributed by atoms with Crippen LogP contribution in [0.3, 0.4) is 0 Å². The van der Waals surface area contributed by atoms with Gasteiger partial charge in [-0.25, -0.2) is 0 Å². The molecule has 128 valence electrons. The van der Waals surface area contributed by atoms with E-state index in [0.717, 1.165) is 12.0 Å². The lowest BCUT2D eigenvalue weighted by atomic mass is 10.1. The molecule has 0 saturated heterocycles. The van der Waals surface area contributed by atoms with Gasteiger partial charge in [-0.2, -0.15) is 0 Å². The van der Waals surface area contributed by atoms with Crippen molar-refractivity contribution < 1.29 is 9.21 Å². The van der Waals surface area contributed by atoms with Gasteiger partial charge in [0.25, 0.3) is 5.89 Å². The summed E-state index contributed by atoms with van der Waals surface area (Å²) in [6.07, 6.45) is 3.07. The van der Waals surface area contributed by atoms with Crippen LogP contribution in [-0.2, 0) is 17.6 Å². The number of hydrogen-bond acceptors (Lipinski definition) is 5. The van der Waals surface area contributed by atoms with E-state index in [1.165, 1.54) is 0 Å². The molecule has 0 fully saturated rings. The molecule has 0 aliphatic heterocycles. The third-order valence-electron chi connectivity index (χ3n) is 3.54. The second kappa shape index (κ2) is 8.39. The van der Waals surface area contributed by atoms with Crippen molar-refractivity contribution >= 4 is 17.5 Å². The highest BCUT2D eigenvalue weighted by Gasteiger charge is 2.11. The van der Waals surface area contributed by atoms with E-state index in [2.05, 4.69) is 20.5 Å². The third-order valence-corrected chi connectivity index (χ3v) is 3.78. The van der Waals surface area contributed by atoms with Crippen LogP contribution in [-0.4, -0.2) is 27.6 Å². The minimum absolute atomic E-state index is 0.0559. The lowest BCUT2D eigenvalue weighted by Crippen LogP contribution is -2.25. The molecule has 0 bridgehead atoms. The van der Waals surface area contributed by atoms with E-state index >= 15 is 0 Å². The van der Waals surface area contributed by atoms with Crippen molar-refractivity contribution in [3.8, 4) is 11.6 Å². The first-order valence-electron chi connectivity index (χ1n) is 7.95. The van der Waals surface area contributed by atoms with E-state index in [4.69, 9.17) is 16.0 Å². The summed E-state index contributed by atoms with van der Waals surface area (Å²) < 4.78 is 5.53. The molecular formula is C18H17ClN4O2. The molecule has 0 spiro atoms. The maximum absolute atomic E-state index is 11.9. The van der Waals surface area contributed by atoms with Crippen LogP contribution < -0.4 is 5.32 Å². The number of amides is 1. The predicted molar refractivity (Wildman–Crippen MR) is 94.0 cm³/mol. The zero-order valence-electron chi connectivity index (χ0n) is 13.5. The van der Waals surface area contributed by atoms with Crippen molar-refractivity contribution in [2.75, 3.05) is 6.54 Å². The molecule has 1 aromatic carbocycles. The van der Waals surface area contributed by atoms with Crippen LogP contribution >= 0.6 is 11.6 Å². The predicted octanol–water partition coefficient (Wildman–Crippen LogP) is 3.08. The smallest absolute Gasteiger partial charge is 0.266 e. The standard InChI is InChI=1S/C18H17ClN4O2/c19-14-5-3-4-13(12-14)9-11-21-16(24)7-8-17-22-23-18(25-17)15-6-1-2-10-20-15/h1-6,10,12H,7-9,11H2,(H,21,24). The van der Waals surface area contributed by atoms with E-state index in [1.54, 1.807) is 12.3 Å². The number of carbonyl (C=O) groups excluding carboxylic acids is 1. The van der Waals surface area contributed by atoms with Gasteiger partial charge in [-0.15, -0.1) is 10.2 Å². The Balaban J connectivity index is 1.43. The van der Waals surface area contributed by atoms with E-state index < -0.39 is 0 Å². The zero-order chi connectivity index (χ0) is 17.5. The van der Waals surface area contributed by atoms with Gasteiger partial charge < -0.3 is 9.73 Å². The van der Waals surface area contributed by atoms with Crippen LogP contribution in [0.2, 0.25) is 5.02 Å². The number of carbonyl (C=O) groups is 1. The number of nitrogens with zero attached hydrogens (tertiary/aromatic N) is 3. The molecule has 0 saturated carbocycles. The van der Waals surface area contributed by atoms with E-state index in [0.29, 0.717) is 41.9 Å². The maximum atomic E-state index is 11.9. The molecule has 0 aliphatic carbocycles. The van der Waals surface area contributed by atoms with Gasteiger partial charge in [0, 0.05) is 30.6 Å². The summed E-state index contributed by atoms with van der Waals surface area (Å²) in [7, 11) is 0. The van der Waals surface area contributed by atoms with Gasteiger partial charge in [0.05, 0.1) is 0 Å². The molecule has 0 unspecified atom stereocenters. The first kappa shape index (κ1) is 17.1. The second-order valence-electron chi connectivity index (χ2n) is 5.45. The fourth-order valence-corrected chi connectivity index (χ4v) is 2.51. The molecule has 2 aromatic heterocycles. The summed E-state index contributed by atoms with van der Waals surface area (Å²) in [5.41, 5.74) is 1.71. The average molecular weight is 357 g/mol. The second-order valence-corrected chi connectivity index (χ2v) is 5.88. The van der Waals surface area contributed by atoms with Crippen molar-refractivity contribution in [2.45, 2.75) is 19.3 Å². The first-order valence-corrected chi connectivity index (χ1v) is 8.33. The summed E-state index contributed by atoms with van der Waals surface area (Å²) in [5, 5.41) is 11.5. The molecule has 1 amide bonds. The van der Waals surface area contributed by atoms with Gasteiger partial charge in [0.15, 0.2) is 0 Å². The minimum Gasteiger partial charge on any atom is -0.419 e. The SMILES string of the molecule is O=C(CCc1nnc(-c2ccccn2)o1)NCCc1cccc(Cl)c1. The van der Waals surface area contributed by atoms with Gasteiger partial charge >= 0.3 is 0 Å². The van der Waals surface area contributed by atoms with Gasteiger partial charge in [0.1, 0.15) is 5.69 Å². The van der Waals surface area contributed by atoms with Crippen LogP contribution in [0.1, 0.15) is 17.9 Å². The van der Waals surface area contributed by atoms with Gasteiger partial charge in [-0.1, -0.05) is 29.8 Å². The minimum atomic E-state index is -0.0559. The van der Waals surface area contributed by atoms with Gasteiger partial charge in [0.2, 0.25) is 11.8 Å². The van der Waals surface area contributed by atoms with Crippen LogP contribution in [0.25, 0.3) is 11.6 Å². The average Bonchev–Trinajstić information content (AvgIpc) is 3.10. The number of benzene rings is 1. The number of nitrogens with one attached hydrogen (secondary N) is 1. The highest BCUT2D eigenvalue weighted by atomic mass is 35.5. The first-order chi connectivity index (χ1) is 12.2. The lowest BCUT2D eigenvalue weighted by molar-refractivity contribution is -0.121. The topological polar surface area (TPSA) is 80.9 Å². The summed E-state index contributed by atoms with van der Waals surface area (Å²) in [6.45, 7) is 0.558. The molecule has 0 radical (unpaired) electrons. The molecule has 3 aromatic rings. The summed E-state index contributed by atoms with van der Waals surface area (Å²) >= 11 is 5.94. The molecule has 0 atom stereocenters. The van der Waals surface area contributed by atoms with Crippen LogP contribution in [0.5, 0.6) is 0 Å². The normalized spacial score (nSPS) is 10.6. The number of hydrogen-bond donors (Lipinski definition) is 1. The van der Waals surface area contributed by atoms with Gasteiger partial charge in [-0.05, 0) is 36.2 Å². The van der Waals surface area contributed by atoms with E-state index in [9.17, 15) is 4.79 Å². The van der Waals surface area contributed by atoms with Crippen molar-refractivity contribution in [1.29, 1.82) is 0 Å². The zero-order valence-corrected chi connectivity index (χ0v) is 14.2. The fourth-order valence-electron chi connectivity index (χ4n) is 2.29. The Morgan fingerprint density at radius 3 is 2.84 bits per heavy atom. The van der Waals surface area contributed by atoms with Crippen molar-refractivity contribution in [3.05, 3.63) is 65.1 Å². The van der Waals surface area contributed by atoms with Gasteiger partial charge in [-0.3, -0.25) is 9.78 Å². The Hall–Kier alpha value is -2.73. The molecule has 7 heteroatoms. The van der Waals surface area contributed by atoms with Crippen molar-refractivity contribution in [2.24, 2.45) is 0 Å². The Labute approximate surface area is 150 Å². The van der Waals surface area contributed by atoms with Crippen molar-refractivity contribution in [3.63, 3.8) is 0 Å². The monoisotopic (exact) mass is 356 g/mol. The lowest BCUT2D eigenvalue weighted by Gasteiger charge is -2.04. The molecule has 0 aliphatic rings. The van der Waals surface area contributed by atoms with Crippen LogP contribution in [0.4, 0.5) is 0 Å². The Bertz CT molecular complexity index is 836. The van der Waals surface area contributed by atoms with E-state index in [1.807, 2.05) is 36.4 Å². The Morgan fingerprint density at radius 1 is 1.12 bits per heavy atom. The van der Waals surface area contributed by atoms with Crippen LogP contribution in [0, 0.1) is 0 Å². The Morgan fingerprint density at radius 2 is 2.04 bits per heavy atom. The quantitative estimate of drug-likeness (QED) is 0.703. The Kier molecular flexibility index (Phi) is 5.74. The third kappa shape index (κ3) is 5.12. The molecule has 1 N–H and O–H groups in total. The van der Waals surface area contributed by atoms with E-state index in [-0.39, 0.29) is 5.91 Å². The molecule has 2 heterocycles. The maximum Gasteiger partial charge on any atom is 0.266 e. The molecular weight excluding hydrogens is 340 g/mol. The summed E-state index contributed by atoms with van der Waals surface area (Å²) in [6, 6.07) is 13.1. The fraction of sp³-hybridized carbons (Fsp3) is 0.222. The number of aryl methyl sites for hydroxylation is 1. The summed E-state index contributed by atoms with van der Waals surface area (Å²) in [4.78, 5) is 16.1.